The van der Waals surface area contributed by atoms with E-state index < -0.39 is 12.1 Å². The Morgan fingerprint density at radius 1 is 1.82 bits per heavy atom. The van der Waals surface area contributed by atoms with Crippen molar-refractivity contribution in [1.29, 1.82) is 0 Å². The molecule has 11 heavy (non-hydrogen) atoms. The van der Waals surface area contributed by atoms with Crippen LogP contribution in [0.1, 0.15) is 6.92 Å². The zero-order valence-corrected chi connectivity index (χ0v) is 6.20. The van der Waals surface area contributed by atoms with Crippen LogP contribution in [0.5, 0.6) is 0 Å². The number of piperazine rings is 1. The number of rotatable bonds is 0. The molecule has 0 saturated carbocycles. The van der Waals surface area contributed by atoms with Crippen LogP contribution in [-0.2, 0) is 4.79 Å². The van der Waals surface area contributed by atoms with Gasteiger partial charge in [0.2, 0.25) is 5.91 Å². The van der Waals surface area contributed by atoms with Crippen LogP contribution in [-0.4, -0.2) is 41.1 Å². The van der Waals surface area contributed by atoms with Crippen molar-refractivity contribution in [3.8, 4) is 0 Å². The molecule has 0 spiro atoms. The van der Waals surface area contributed by atoms with Gasteiger partial charge in [0.1, 0.15) is 6.04 Å². The summed E-state index contributed by atoms with van der Waals surface area (Å²) in [4.78, 5) is 22.5. The lowest BCUT2D eigenvalue weighted by atomic mass is 10.2. The molecule has 1 heterocycles. The summed E-state index contributed by atoms with van der Waals surface area (Å²) in [6, 6.07) is -0.554. The molecule has 1 aliphatic heterocycles. The molecule has 0 aliphatic carbocycles. The summed E-state index contributed by atoms with van der Waals surface area (Å²) in [6.07, 6.45) is -1.03. The van der Waals surface area contributed by atoms with E-state index in [0.717, 1.165) is 4.90 Å². The summed E-state index contributed by atoms with van der Waals surface area (Å²) < 4.78 is 0. The Hall–Kier alpha value is -1.26. The van der Waals surface area contributed by atoms with Crippen LogP contribution in [0.4, 0.5) is 4.79 Å². The molecular formula is C6H10N2O3. The predicted octanol–water partition coefficient (Wildman–Crippen LogP) is -0.515. The molecule has 5 nitrogen and oxygen atoms in total. The lowest BCUT2D eigenvalue weighted by Crippen LogP contribution is -2.55. The van der Waals surface area contributed by atoms with Crippen molar-refractivity contribution in [3.05, 3.63) is 0 Å². The number of carboxylic acid groups (broad SMARTS) is 1. The van der Waals surface area contributed by atoms with Crippen molar-refractivity contribution in [2.24, 2.45) is 0 Å². The quantitative estimate of drug-likeness (QED) is 0.498. The molecule has 1 rings (SSSR count). The van der Waals surface area contributed by atoms with Crippen LogP contribution >= 0.6 is 0 Å². The average molecular weight is 158 g/mol. The first-order valence-electron chi connectivity index (χ1n) is 3.40. The summed E-state index contributed by atoms with van der Waals surface area (Å²) in [7, 11) is 0. The fourth-order valence-electron chi connectivity index (χ4n) is 1.04. The fourth-order valence-corrected chi connectivity index (χ4v) is 1.04. The molecule has 0 aromatic rings. The van der Waals surface area contributed by atoms with Gasteiger partial charge in [-0.25, -0.2) is 4.79 Å². The summed E-state index contributed by atoms with van der Waals surface area (Å²) in [6.45, 7) is 2.36. The van der Waals surface area contributed by atoms with Gasteiger partial charge in [-0.1, -0.05) is 0 Å². The Morgan fingerprint density at radius 3 is 2.91 bits per heavy atom. The predicted molar refractivity (Wildman–Crippen MR) is 37.2 cm³/mol. The molecule has 2 amide bonds. The number of hydrogen-bond donors (Lipinski definition) is 2. The molecule has 1 fully saturated rings. The average Bonchev–Trinajstić information content (AvgIpc) is 1.94. The third-order valence-corrected chi connectivity index (χ3v) is 1.74. The van der Waals surface area contributed by atoms with E-state index in [1.165, 1.54) is 0 Å². The summed E-state index contributed by atoms with van der Waals surface area (Å²) in [5, 5.41) is 11.1. The molecule has 5 heteroatoms. The molecular weight excluding hydrogens is 148 g/mol. The summed E-state index contributed by atoms with van der Waals surface area (Å²) in [5.41, 5.74) is 0. The number of carbonyl (C=O) groups is 2. The van der Waals surface area contributed by atoms with Gasteiger partial charge in [-0.3, -0.25) is 9.69 Å². The third-order valence-electron chi connectivity index (χ3n) is 1.74. The SMILES string of the molecule is C[C@@H]1C(=O)NCCN1C(=O)O. The lowest BCUT2D eigenvalue weighted by molar-refractivity contribution is -0.127. The van der Waals surface area contributed by atoms with Crippen molar-refractivity contribution < 1.29 is 14.7 Å². The largest absolute Gasteiger partial charge is 0.465 e. The van der Waals surface area contributed by atoms with Gasteiger partial charge in [0.05, 0.1) is 0 Å². The lowest BCUT2D eigenvalue weighted by Gasteiger charge is -2.30. The van der Waals surface area contributed by atoms with E-state index in [-0.39, 0.29) is 5.91 Å². The minimum absolute atomic E-state index is 0.223. The molecule has 1 saturated heterocycles. The van der Waals surface area contributed by atoms with E-state index in [0.29, 0.717) is 13.1 Å². The first kappa shape index (κ1) is 7.84. The van der Waals surface area contributed by atoms with E-state index in [2.05, 4.69) is 5.32 Å². The van der Waals surface area contributed by atoms with E-state index in [9.17, 15) is 9.59 Å². The Morgan fingerprint density at radius 2 is 2.45 bits per heavy atom. The van der Waals surface area contributed by atoms with Crippen LogP contribution in [0.2, 0.25) is 0 Å². The zero-order valence-electron chi connectivity index (χ0n) is 6.20. The molecule has 62 valence electrons. The zero-order chi connectivity index (χ0) is 8.43. The fraction of sp³-hybridized carbons (Fsp3) is 0.667. The maximum Gasteiger partial charge on any atom is 0.408 e. The minimum atomic E-state index is -1.03. The normalized spacial score (nSPS) is 24.6. The highest BCUT2D eigenvalue weighted by molar-refractivity contribution is 5.85. The van der Waals surface area contributed by atoms with Crippen molar-refractivity contribution in [3.63, 3.8) is 0 Å². The molecule has 0 unspecified atom stereocenters. The molecule has 1 atom stereocenters. The van der Waals surface area contributed by atoms with Crippen LogP contribution in [0.15, 0.2) is 0 Å². The van der Waals surface area contributed by atoms with Gasteiger partial charge in [-0.05, 0) is 6.92 Å². The standard InChI is InChI=1S/C6H10N2O3/c1-4-5(9)7-2-3-8(4)6(10)11/h4H,2-3H2,1H3,(H,7,9)(H,10,11)/t4-/m1/s1. The first-order chi connectivity index (χ1) is 5.13. The molecule has 0 aromatic heterocycles. The van der Waals surface area contributed by atoms with Crippen LogP contribution in [0.25, 0.3) is 0 Å². The number of amides is 2. The molecule has 0 radical (unpaired) electrons. The number of nitrogens with zero attached hydrogens (tertiary/aromatic N) is 1. The van der Waals surface area contributed by atoms with Crippen molar-refractivity contribution in [2.45, 2.75) is 13.0 Å². The van der Waals surface area contributed by atoms with Crippen molar-refractivity contribution in [1.82, 2.24) is 10.2 Å². The van der Waals surface area contributed by atoms with E-state index in [1.54, 1.807) is 6.92 Å². The van der Waals surface area contributed by atoms with Crippen LogP contribution in [0, 0.1) is 0 Å². The smallest absolute Gasteiger partial charge is 0.408 e. The highest BCUT2D eigenvalue weighted by atomic mass is 16.4. The monoisotopic (exact) mass is 158 g/mol. The highest BCUT2D eigenvalue weighted by Gasteiger charge is 2.28. The Kier molecular flexibility index (Phi) is 1.98. The maximum atomic E-state index is 10.9. The Bertz CT molecular complexity index is 192. The minimum Gasteiger partial charge on any atom is -0.465 e. The van der Waals surface area contributed by atoms with Gasteiger partial charge < -0.3 is 10.4 Å². The van der Waals surface area contributed by atoms with E-state index >= 15 is 0 Å². The second-order valence-electron chi connectivity index (χ2n) is 2.44. The van der Waals surface area contributed by atoms with Gasteiger partial charge in [0.15, 0.2) is 0 Å². The molecule has 0 bridgehead atoms. The van der Waals surface area contributed by atoms with E-state index in [1.807, 2.05) is 0 Å². The summed E-state index contributed by atoms with van der Waals surface area (Å²) in [5.74, 6) is -0.223. The number of nitrogens with one attached hydrogen (secondary N) is 1. The van der Waals surface area contributed by atoms with Gasteiger partial charge in [0, 0.05) is 13.1 Å². The van der Waals surface area contributed by atoms with Gasteiger partial charge >= 0.3 is 6.09 Å². The second-order valence-corrected chi connectivity index (χ2v) is 2.44. The van der Waals surface area contributed by atoms with Crippen LogP contribution < -0.4 is 5.32 Å². The van der Waals surface area contributed by atoms with Gasteiger partial charge in [0.25, 0.3) is 0 Å². The third kappa shape index (κ3) is 1.42. The topological polar surface area (TPSA) is 69.6 Å². The second kappa shape index (κ2) is 2.77. The highest BCUT2D eigenvalue weighted by Crippen LogP contribution is 2.02. The van der Waals surface area contributed by atoms with Gasteiger partial charge in [-0.2, -0.15) is 0 Å². The van der Waals surface area contributed by atoms with Gasteiger partial charge in [-0.15, -0.1) is 0 Å². The van der Waals surface area contributed by atoms with Crippen molar-refractivity contribution >= 4 is 12.0 Å². The number of hydrogen-bond acceptors (Lipinski definition) is 2. The summed E-state index contributed by atoms with van der Waals surface area (Å²) >= 11 is 0. The Labute approximate surface area is 64.0 Å². The Balaban J connectivity index is 2.65. The first-order valence-corrected chi connectivity index (χ1v) is 3.40. The van der Waals surface area contributed by atoms with E-state index in [4.69, 9.17) is 5.11 Å². The van der Waals surface area contributed by atoms with Crippen LogP contribution in [0.3, 0.4) is 0 Å². The van der Waals surface area contributed by atoms with Crippen molar-refractivity contribution in [2.75, 3.05) is 13.1 Å². The molecule has 0 aromatic carbocycles. The number of carbonyl (C=O) groups excluding carboxylic acids is 1. The molecule has 1 aliphatic rings. The maximum absolute atomic E-state index is 10.9. The molecule has 2 N–H and O–H groups in total.